The van der Waals surface area contributed by atoms with Gasteiger partial charge in [-0.25, -0.2) is 0 Å². The van der Waals surface area contributed by atoms with Crippen LogP contribution in [0.25, 0.3) is 0 Å². The topological polar surface area (TPSA) is 57.2 Å². The lowest BCUT2D eigenvalue weighted by Crippen LogP contribution is -2.60. The first kappa shape index (κ1) is 25.6. The standard InChI is InChI=1S/C24H40O5S/c1-4-7-15-26-21-20(18-25)29-24(30-19-13-11-10-12-14-19)23(28-17-9-6-3)22(21)27-16-8-5-2/h10-14,20-25H,4-9,15-18H2,1-3H3/t20?,21-,22+,23?,24-/m1/s1. The highest BCUT2D eigenvalue weighted by atomic mass is 32.2. The summed E-state index contributed by atoms with van der Waals surface area (Å²) in [7, 11) is 0. The van der Waals surface area contributed by atoms with E-state index in [2.05, 4.69) is 32.9 Å². The molecule has 1 fully saturated rings. The summed E-state index contributed by atoms with van der Waals surface area (Å²) in [6.07, 6.45) is 4.86. The van der Waals surface area contributed by atoms with Crippen LogP contribution in [0.1, 0.15) is 59.3 Å². The monoisotopic (exact) mass is 440 g/mol. The fourth-order valence-corrected chi connectivity index (χ4v) is 4.56. The number of aliphatic hydroxyl groups is 1. The van der Waals surface area contributed by atoms with E-state index in [1.165, 1.54) is 0 Å². The van der Waals surface area contributed by atoms with Gasteiger partial charge in [0, 0.05) is 24.7 Å². The highest BCUT2D eigenvalue weighted by molar-refractivity contribution is 7.99. The van der Waals surface area contributed by atoms with E-state index in [0.29, 0.717) is 19.8 Å². The van der Waals surface area contributed by atoms with Gasteiger partial charge in [0.2, 0.25) is 0 Å². The van der Waals surface area contributed by atoms with Crippen molar-refractivity contribution in [3.63, 3.8) is 0 Å². The van der Waals surface area contributed by atoms with Gasteiger partial charge in [-0.1, -0.05) is 70.0 Å². The van der Waals surface area contributed by atoms with Crippen LogP contribution >= 0.6 is 11.8 Å². The van der Waals surface area contributed by atoms with E-state index in [9.17, 15) is 5.11 Å². The number of benzene rings is 1. The van der Waals surface area contributed by atoms with Gasteiger partial charge in [0.25, 0.3) is 0 Å². The molecule has 0 spiro atoms. The van der Waals surface area contributed by atoms with Crippen molar-refractivity contribution in [2.75, 3.05) is 26.4 Å². The van der Waals surface area contributed by atoms with Crippen molar-refractivity contribution in [3.05, 3.63) is 30.3 Å². The van der Waals surface area contributed by atoms with Gasteiger partial charge in [0.05, 0.1) is 6.61 Å². The maximum Gasteiger partial charge on any atom is 0.137 e. The Morgan fingerprint density at radius 1 is 0.800 bits per heavy atom. The van der Waals surface area contributed by atoms with E-state index in [1.54, 1.807) is 11.8 Å². The Balaban J connectivity index is 2.23. The number of aliphatic hydroxyl groups excluding tert-OH is 1. The molecule has 5 atom stereocenters. The maximum atomic E-state index is 10.1. The molecule has 172 valence electrons. The molecule has 1 aliphatic heterocycles. The average molecular weight is 441 g/mol. The van der Waals surface area contributed by atoms with Gasteiger partial charge in [-0.15, -0.1) is 0 Å². The van der Waals surface area contributed by atoms with Crippen molar-refractivity contribution in [1.29, 1.82) is 0 Å². The third-order valence-electron chi connectivity index (χ3n) is 5.19. The molecule has 6 heteroatoms. The second kappa shape index (κ2) is 15.2. The lowest BCUT2D eigenvalue weighted by atomic mass is 9.99. The van der Waals surface area contributed by atoms with Crippen molar-refractivity contribution < 1.29 is 24.1 Å². The molecule has 2 rings (SSSR count). The Morgan fingerprint density at radius 3 is 1.87 bits per heavy atom. The Hall–Kier alpha value is -0.630. The third-order valence-corrected chi connectivity index (χ3v) is 6.35. The Labute approximate surface area is 186 Å². The molecule has 1 aliphatic rings. The smallest absolute Gasteiger partial charge is 0.137 e. The van der Waals surface area contributed by atoms with Crippen LogP contribution < -0.4 is 0 Å². The number of ether oxygens (including phenoxy) is 4. The van der Waals surface area contributed by atoms with Crippen LogP contribution in [-0.4, -0.2) is 61.4 Å². The number of unbranched alkanes of at least 4 members (excludes halogenated alkanes) is 3. The van der Waals surface area contributed by atoms with Gasteiger partial charge >= 0.3 is 0 Å². The number of hydrogen-bond acceptors (Lipinski definition) is 6. The van der Waals surface area contributed by atoms with Gasteiger partial charge in [-0.3, -0.25) is 0 Å². The summed E-state index contributed by atoms with van der Waals surface area (Å²) < 4.78 is 25.3. The summed E-state index contributed by atoms with van der Waals surface area (Å²) >= 11 is 1.63. The van der Waals surface area contributed by atoms with Gasteiger partial charge in [0.1, 0.15) is 29.9 Å². The van der Waals surface area contributed by atoms with Crippen LogP contribution in [0.15, 0.2) is 35.2 Å². The number of thioether (sulfide) groups is 1. The molecule has 2 unspecified atom stereocenters. The van der Waals surface area contributed by atoms with Crippen molar-refractivity contribution in [1.82, 2.24) is 0 Å². The van der Waals surface area contributed by atoms with Gasteiger partial charge < -0.3 is 24.1 Å². The molecule has 0 bridgehead atoms. The van der Waals surface area contributed by atoms with Crippen molar-refractivity contribution in [3.8, 4) is 0 Å². The minimum atomic E-state index is -0.430. The maximum absolute atomic E-state index is 10.1. The molecule has 30 heavy (non-hydrogen) atoms. The minimum Gasteiger partial charge on any atom is -0.394 e. The second-order valence-corrected chi connectivity index (χ2v) is 8.90. The second-order valence-electron chi connectivity index (χ2n) is 7.72. The van der Waals surface area contributed by atoms with Crippen LogP contribution in [-0.2, 0) is 18.9 Å². The van der Waals surface area contributed by atoms with Crippen LogP contribution in [0.2, 0.25) is 0 Å². The molecule has 1 N–H and O–H groups in total. The largest absolute Gasteiger partial charge is 0.394 e. The lowest BCUT2D eigenvalue weighted by Gasteiger charge is -2.45. The van der Waals surface area contributed by atoms with Gasteiger partial charge in [0.15, 0.2) is 0 Å². The van der Waals surface area contributed by atoms with Gasteiger partial charge in [-0.2, -0.15) is 0 Å². The van der Waals surface area contributed by atoms with E-state index >= 15 is 0 Å². The Morgan fingerprint density at radius 2 is 1.33 bits per heavy atom. The zero-order valence-electron chi connectivity index (χ0n) is 18.8. The van der Waals surface area contributed by atoms with E-state index < -0.39 is 6.10 Å². The lowest BCUT2D eigenvalue weighted by molar-refractivity contribution is -0.244. The predicted octanol–water partition coefficient (Wildman–Crippen LogP) is 5.05. The third kappa shape index (κ3) is 8.13. The van der Waals surface area contributed by atoms with Gasteiger partial charge in [-0.05, 0) is 31.4 Å². The van der Waals surface area contributed by atoms with E-state index in [0.717, 1.165) is 43.4 Å². The van der Waals surface area contributed by atoms with Crippen LogP contribution in [0.4, 0.5) is 0 Å². The summed E-state index contributed by atoms with van der Waals surface area (Å²) in [6.45, 7) is 8.30. The normalized spacial score (nSPS) is 26.7. The summed E-state index contributed by atoms with van der Waals surface area (Å²) in [5.41, 5.74) is -0.265. The van der Waals surface area contributed by atoms with Crippen LogP contribution in [0, 0.1) is 0 Å². The molecule has 1 aromatic carbocycles. The number of hydrogen-bond donors (Lipinski definition) is 1. The molecule has 0 aromatic heterocycles. The summed E-state index contributed by atoms with van der Waals surface area (Å²) in [4.78, 5) is 1.11. The predicted molar refractivity (Wildman–Crippen MR) is 122 cm³/mol. The Kier molecular flexibility index (Phi) is 13.0. The molecule has 0 amide bonds. The van der Waals surface area contributed by atoms with Crippen LogP contribution in [0.5, 0.6) is 0 Å². The molecule has 1 heterocycles. The fraction of sp³-hybridized carbons (Fsp3) is 0.750. The SMILES string of the molecule is CCCCOC1[C@@H](Sc2ccccc2)OC(CO)[C@@H](OCCCC)[C@@H]1OCCCC. The highest BCUT2D eigenvalue weighted by Crippen LogP contribution is 2.37. The Bertz CT molecular complexity index is 544. The summed E-state index contributed by atoms with van der Waals surface area (Å²) in [6, 6.07) is 10.2. The molecule has 1 saturated heterocycles. The first-order valence-electron chi connectivity index (χ1n) is 11.6. The first-order chi connectivity index (χ1) is 14.7. The minimum absolute atomic E-state index is 0.0992. The molecule has 0 radical (unpaired) electrons. The summed E-state index contributed by atoms with van der Waals surface area (Å²) in [5, 5.41) is 10.1. The molecular formula is C24H40O5S. The van der Waals surface area contributed by atoms with Crippen molar-refractivity contribution >= 4 is 11.8 Å². The fourth-order valence-electron chi connectivity index (χ4n) is 3.41. The van der Waals surface area contributed by atoms with E-state index in [-0.39, 0.29) is 30.4 Å². The number of rotatable bonds is 15. The zero-order valence-corrected chi connectivity index (χ0v) is 19.6. The van der Waals surface area contributed by atoms with Crippen LogP contribution in [0.3, 0.4) is 0 Å². The molecule has 5 nitrogen and oxygen atoms in total. The highest BCUT2D eigenvalue weighted by Gasteiger charge is 2.48. The average Bonchev–Trinajstić information content (AvgIpc) is 2.77. The van der Waals surface area contributed by atoms with E-state index in [1.807, 2.05) is 18.2 Å². The van der Waals surface area contributed by atoms with Crippen molar-refractivity contribution in [2.24, 2.45) is 0 Å². The zero-order chi connectivity index (χ0) is 21.6. The molecule has 0 saturated carbocycles. The van der Waals surface area contributed by atoms with E-state index in [4.69, 9.17) is 18.9 Å². The molecule has 1 aromatic rings. The first-order valence-corrected chi connectivity index (χ1v) is 12.5. The summed E-state index contributed by atoms with van der Waals surface area (Å²) in [5.74, 6) is 0. The quantitative estimate of drug-likeness (QED) is 0.385. The van der Waals surface area contributed by atoms with Crippen molar-refractivity contribution in [2.45, 2.75) is 94.0 Å². The molecule has 0 aliphatic carbocycles. The molecular weight excluding hydrogens is 400 g/mol.